The van der Waals surface area contributed by atoms with Crippen LogP contribution in [-0.4, -0.2) is 80.2 Å². The zero-order valence-electron chi connectivity index (χ0n) is 22.0. The van der Waals surface area contributed by atoms with Crippen molar-refractivity contribution < 1.29 is 33.6 Å². The van der Waals surface area contributed by atoms with Crippen LogP contribution in [0.3, 0.4) is 0 Å². The van der Waals surface area contributed by atoms with E-state index in [2.05, 4.69) is 9.71 Å². The molecule has 13 heteroatoms. The number of benzene rings is 1. The van der Waals surface area contributed by atoms with Gasteiger partial charge in [0.2, 0.25) is 0 Å². The molecule has 214 valence electrons. The molecule has 0 spiro atoms. The van der Waals surface area contributed by atoms with Gasteiger partial charge >= 0.3 is 10.2 Å². The Bertz CT molecular complexity index is 1390. The van der Waals surface area contributed by atoms with Crippen molar-refractivity contribution in [3.05, 3.63) is 59.8 Å². The average Bonchev–Trinajstić information content (AvgIpc) is 3.70. The first-order chi connectivity index (χ1) is 18.7. The summed E-state index contributed by atoms with van der Waals surface area (Å²) in [5, 5.41) is 10.3. The third kappa shape index (κ3) is 6.85. The second-order valence-corrected chi connectivity index (χ2v) is 11.2. The maximum atomic E-state index is 13.9. The van der Waals surface area contributed by atoms with E-state index in [9.17, 15) is 22.7 Å². The maximum Gasteiger partial charge on any atom is 0.303 e. The Morgan fingerprint density at radius 2 is 2.05 bits per heavy atom. The largest absolute Gasteiger partial charge is 0.508 e. The summed E-state index contributed by atoms with van der Waals surface area (Å²) in [4.78, 5) is 19.0. The number of phenolic OH excluding ortho intramolecular Hbond substituents is 1. The number of anilines is 1. The highest BCUT2D eigenvalue weighted by atomic mass is 32.2. The van der Waals surface area contributed by atoms with Crippen LogP contribution in [0.2, 0.25) is 0 Å². The van der Waals surface area contributed by atoms with Gasteiger partial charge < -0.3 is 19.5 Å². The van der Waals surface area contributed by atoms with Crippen LogP contribution in [0.5, 0.6) is 5.75 Å². The number of hydrogen-bond donors (Lipinski definition) is 2. The van der Waals surface area contributed by atoms with Crippen molar-refractivity contribution in [2.75, 3.05) is 52.0 Å². The van der Waals surface area contributed by atoms with Crippen LogP contribution in [-0.2, 0) is 19.7 Å². The Morgan fingerprint density at radius 1 is 1.28 bits per heavy atom. The Kier molecular flexibility index (Phi) is 9.38. The van der Waals surface area contributed by atoms with E-state index >= 15 is 0 Å². The van der Waals surface area contributed by atoms with Crippen LogP contribution in [0, 0.1) is 5.82 Å². The lowest BCUT2D eigenvalue weighted by molar-refractivity contribution is 0.0973. The van der Waals surface area contributed by atoms with Gasteiger partial charge in [0.05, 0.1) is 24.5 Å². The van der Waals surface area contributed by atoms with Crippen molar-refractivity contribution in [2.45, 2.75) is 31.7 Å². The third-order valence-electron chi connectivity index (χ3n) is 6.73. The van der Waals surface area contributed by atoms with Crippen molar-refractivity contribution >= 4 is 27.5 Å². The van der Waals surface area contributed by atoms with Gasteiger partial charge in [0.1, 0.15) is 22.9 Å². The van der Waals surface area contributed by atoms with E-state index in [0.29, 0.717) is 17.8 Å². The molecule has 4 heterocycles. The maximum absolute atomic E-state index is 13.9. The number of halogens is 1. The van der Waals surface area contributed by atoms with E-state index in [-0.39, 0.29) is 32.1 Å². The van der Waals surface area contributed by atoms with Gasteiger partial charge in [-0.05, 0) is 56.0 Å². The Hall–Kier alpha value is -3.26. The van der Waals surface area contributed by atoms with Gasteiger partial charge in [-0.1, -0.05) is 0 Å². The molecule has 1 atom stereocenters. The van der Waals surface area contributed by atoms with E-state index < -0.39 is 21.9 Å². The number of ether oxygens (including phenoxy) is 2. The van der Waals surface area contributed by atoms with Crippen LogP contribution in [0.15, 0.2) is 42.7 Å². The number of amides is 1. The first-order valence-electron chi connectivity index (χ1n) is 12.8. The summed E-state index contributed by atoms with van der Waals surface area (Å²) in [5.41, 5.74) is 1.73. The van der Waals surface area contributed by atoms with Crippen molar-refractivity contribution in [1.82, 2.24) is 18.4 Å². The van der Waals surface area contributed by atoms with E-state index in [1.165, 1.54) is 55.8 Å². The summed E-state index contributed by atoms with van der Waals surface area (Å²) in [6, 6.07) is 7.18. The van der Waals surface area contributed by atoms with Gasteiger partial charge in [-0.2, -0.15) is 12.7 Å². The quantitative estimate of drug-likeness (QED) is 0.427. The van der Waals surface area contributed by atoms with Gasteiger partial charge in [-0.3, -0.25) is 9.20 Å². The zero-order valence-corrected chi connectivity index (χ0v) is 22.9. The molecule has 2 aromatic heterocycles. The molecular formula is C26H36FN5O6S. The molecule has 0 radical (unpaired) electrons. The van der Waals surface area contributed by atoms with Gasteiger partial charge in [0, 0.05) is 53.6 Å². The van der Waals surface area contributed by atoms with Crippen molar-refractivity contribution in [3.8, 4) is 5.75 Å². The second-order valence-electron chi connectivity index (χ2n) is 9.38. The Labute approximate surface area is 228 Å². The normalized spacial score (nSPS) is 17.4. The van der Waals surface area contributed by atoms with E-state index in [1.807, 2.05) is 11.0 Å². The Morgan fingerprint density at radius 3 is 2.74 bits per heavy atom. The highest BCUT2D eigenvalue weighted by Crippen LogP contribution is 2.39. The standard InChI is InChI=1S/C22H26FN5O5S.C4H8O.H2/c1-26(10-11-33-2)34(31,32)25-22(30)19-13-24-21-8-6-16(14-28(19)21)27-9-3-4-18(27)17-12-15(23)5-7-20(17)29;1-2-4-5-3-1;/h5-8,12-14,18,29H,3-4,9-11H2,1-2H3,(H,25,30);1-4H2;1H. The van der Waals surface area contributed by atoms with Gasteiger partial charge in [-0.15, -0.1) is 0 Å². The average molecular weight is 566 g/mol. The summed E-state index contributed by atoms with van der Waals surface area (Å²) in [6.07, 6.45) is 7.10. The fourth-order valence-electron chi connectivity index (χ4n) is 4.60. The number of rotatable bonds is 8. The number of phenols is 1. The number of aromatic hydroxyl groups is 1. The van der Waals surface area contributed by atoms with Gasteiger partial charge in [-0.25, -0.2) is 14.1 Å². The number of likely N-dealkylation sites (N-methyl/N-ethyl adjacent to an activating group) is 1. The Balaban J connectivity index is 0.000000662. The summed E-state index contributed by atoms with van der Waals surface area (Å²) in [6.45, 7) is 2.93. The number of imidazole rings is 1. The number of pyridine rings is 1. The molecular weight excluding hydrogens is 529 g/mol. The van der Waals surface area contributed by atoms with Crippen molar-refractivity contribution in [3.63, 3.8) is 0 Å². The number of methoxy groups -OCH3 is 1. The summed E-state index contributed by atoms with van der Waals surface area (Å²) in [7, 11) is -1.27. The number of nitrogens with zero attached hydrogens (tertiary/aromatic N) is 4. The van der Waals surface area contributed by atoms with Crippen LogP contribution >= 0.6 is 0 Å². The molecule has 5 rings (SSSR count). The summed E-state index contributed by atoms with van der Waals surface area (Å²) < 4.78 is 53.2. The first kappa shape index (κ1) is 28.7. The van der Waals surface area contributed by atoms with Gasteiger partial charge in [0.15, 0.2) is 0 Å². The number of aromatic nitrogens is 2. The number of nitrogens with one attached hydrogen (secondary N) is 1. The monoisotopic (exact) mass is 565 g/mol. The molecule has 0 saturated carbocycles. The zero-order chi connectivity index (χ0) is 28.0. The number of fused-ring (bicyclic) bond motifs is 1. The lowest BCUT2D eigenvalue weighted by Gasteiger charge is -2.28. The molecule has 1 amide bonds. The third-order valence-corrected chi connectivity index (χ3v) is 8.17. The molecule has 39 heavy (non-hydrogen) atoms. The van der Waals surface area contributed by atoms with Crippen LogP contribution in [0.1, 0.15) is 49.2 Å². The minimum atomic E-state index is -4.07. The number of carbonyl (C=O) groups is 1. The molecule has 1 aromatic carbocycles. The molecule has 2 saturated heterocycles. The van der Waals surface area contributed by atoms with E-state index in [0.717, 1.165) is 36.0 Å². The molecule has 0 bridgehead atoms. The molecule has 2 aliphatic rings. The molecule has 1 unspecified atom stereocenters. The van der Waals surface area contributed by atoms with E-state index in [4.69, 9.17) is 9.47 Å². The second kappa shape index (κ2) is 12.7. The molecule has 2 aliphatic heterocycles. The van der Waals surface area contributed by atoms with Crippen LogP contribution < -0.4 is 9.62 Å². The smallest absolute Gasteiger partial charge is 0.303 e. The van der Waals surface area contributed by atoms with Crippen molar-refractivity contribution in [1.29, 1.82) is 0 Å². The summed E-state index contributed by atoms with van der Waals surface area (Å²) >= 11 is 0. The lowest BCUT2D eigenvalue weighted by Crippen LogP contribution is -2.43. The molecule has 2 fully saturated rings. The number of carbonyl (C=O) groups excluding carboxylic acids is 1. The lowest BCUT2D eigenvalue weighted by atomic mass is 10.0. The van der Waals surface area contributed by atoms with Crippen LogP contribution in [0.4, 0.5) is 10.1 Å². The number of hydrogen-bond acceptors (Lipinski definition) is 8. The predicted octanol–water partition coefficient (Wildman–Crippen LogP) is 3.12. The van der Waals surface area contributed by atoms with E-state index in [1.54, 1.807) is 12.3 Å². The topological polar surface area (TPSA) is 126 Å². The summed E-state index contributed by atoms with van der Waals surface area (Å²) in [5.74, 6) is -1.24. The highest BCUT2D eigenvalue weighted by Gasteiger charge is 2.29. The predicted molar refractivity (Wildman–Crippen MR) is 146 cm³/mol. The minimum Gasteiger partial charge on any atom is -0.508 e. The SMILES string of the molecule is C1CCOC1.COCCN(C)S(=O)(=O)NC(=O)c1cnc2ccc(N3CCCC3c3cc(F)ccc3O)cn12.[HH]. The fraction of sp³-hybridized carbons (Fsp3) is 0.462. The highest BCUT2D eigenvalue weighted by molar-refractivity contribution is 7.87. The van der Waals surface area contributed by atoms with Gasteiger partial charge in [0.25, 0.3) is 5.91 Å². The fourth-order valence-corrected chi connectivity index (χ4v) is 5.41. The molecule has 0 aliphatic carbocycles. The van der Waals surface area contributed by atoms with Crippen LogP contribution in [0.25, 0.3) is 5.65 Å². The molecule has 3 aromatic rings. The molecule has 2 N–H and O–H groups in total. The van der Waals surface area contributed by atoms with Crippen molar-refractivity contribution in [2.24, 2.45) is 0 Å². The first-order valence-corrected chi connectivity index (χ1v) is 14.2. The molecule has 11 nitrogen and oxygen atoms in total. The minimum absolute atomic E-state index is 0.